The number of rotatable bonds is 60. The number of thioether (sulfide) groups is 4. The van der Waals surface area contributed by atoms with Gasteiger partial charge in [0.15, 0.2) is 0 Å². The molecule has 0 aromatic heterocycles. The topological polar surface area (TPSA) is 825 Å². The monoisotopic (exact) mass is 2140 g/mol. The largest absolute Gasteiger partial charge is 0.508 e. The number of amides is 12. The summed E-state index contributed by atoms with van der Waals surface area (Å²) >= 11 is 3.47. The average Bonchev–Trinajstić information content (AvgIpc) is 0.829. The standard InChI is InChI=1S/C93H136N12O37S4/c94-82(131)61(41-106)105-87(136)56(103-86(135)55(104-89(138)60(40-49-16-24-53(114)25-17-49)101-69(118)29-36-146-93-81(130)77(126)73(122)65(45-110)142-93)8-3-6-32-97-85(134)58(38-47-12-20-51(112)21-13-47)99-67(116)27-34-144-91-79(128)75(124)71(120)63(43-108)140-91)9-2-5-30-95-83(132)54(102-88(137)59(39-48-14-22-52(113)23-15-48)100-68(117)28-35-145-92-80(129)76(125)72(121)64(44-109)141-92)7-1-4-31-96-84(133)57(37-46-10-18-50(111)19-11-46)98-66(115)26-33-143-90-78(127)74(123)70(119)62(42-107)139-90/h10-25,54-65,70-81,90-93,106-114,119-130H,1-9,26-45H2,(H2,94,131)(H,95,132)(H,96,133)(H,97,134)(H,98,115)(H,99,116)(H,100,117)(H,101,118)(H,102,137)(H,103,135)(H,104,138)(H,105,136)/t54-,55-,56-,57-,58-,59-,60-,61-,62+,63+,64-,65-,70+,71+,72-,73-,74-,75-,76+,77+,78-,79-,80+,81+,90+,91+,92-,93-/m0/s1. The molecule has 0 aliphatic carbocycles. The molecule has 34 N–H and O–H groups in total. The van der Waals surface area contributed by atoms with Crippen LogP contribution in [0, 0.1) is 0 Å². The van der Waals surface area contributed by atoms with Gasteiger partial charge in [0, 0.05) is 94.0 Å². The third-order valence-electron chi connectivity index (χ3n) is 24.3. The highest BCUT2D eigenvalue weighted by Crippen LogP contribution is 2.34. The van der Waals surface area contributed by atoms with E-state index in [1.54, 1.807) is 0 Å². The number of ether oxygens (including phenoxy) is 4. The Hall–Kier alpha value is -9.72. The highest BCUT2D eigenvalue weighted by atomic mass is 32.2. The van der Waals surface area contributed by atoms with Gasteiger partial charge in [0.2, 0.25) is 70.9 Å². The minimum absolute atomic E-state index is 0.00397. The summed E-state index contributed by atoms with van der Waals surface area (Å²) in [6.45, 7) is -4.47. The molecule has 4 aromatic carbocycles. The fourth-order valence-electron chi connectivity index (χ4n) is 15.8. The van der Waals surface area contributed by atoms with Crippen molar-refractivity contribution >= 4 is 118 Å². The fraction of sp³-hybridized carbons (Fsp3) is 0.613. The number of phenolic OH excluding ortho intramolecular Hbond substituents is 4. The number of phenols is 4. The Morgan fingerprint density at radius 3 is 0.692 bits per heavy atom. The van der Waals surface area contributed by atoms with E-state index in [1.165, 1.54) is 97.1 Å². The number of hydrogen-bond acceptors (Lipinski definition) is 41. The third-order valence-corrected chi connectivity index (χ3v) is 29.0. The summed E-state index contributed by atoms with van der Waals surface area (Å²) in [5.74, 6) is -11.4. The zero-order valence-electron chi connectivity index (χ0n) is 79.5. The Morgan fingerprint density at radius 1 is 0.267 bits per heavy atom. The van der Waals surface area contributed by atoms with Crippen LogP contribution in [0.25, 0.3) is 0 Å². The molecule has 4 aromatic rings. The lowest BCUT2D eigenvalue weighted by Crippen LogP contribution is -2.58. The molecule has 28 atom stereocenters. The molecular weight excluding hydrogens is 2010 g/mol. The van der Waals surface area contributed by atoms with Gasteiger partial charge in [-0.2, -0.15) is 0 Å². The van der Waals surface area contributed by atoms with Crippen LogP contribution in [-0.4, -0.2) is 422 Å². The van der Waals surface area contributed by atoms with Gasteiger partial charge in [-0.3, -0.25) is 57.5 Å². The first kappa shape index (κ1) is 121. The number of nitrogens with one attached hydrogen (secondary N) is 11. The van der Waals surface area contributed by atoms with Crippen molar-refractivity contribution in [3.05, 3.63) is 119 Å². The SMILES string of the molecule is NC(=O)[C@H](CO)NC(=O)[C@H](CCCCNC(=O)[C@H](CCCCNC(=O)[C@H](Cc1ccc(O)cc1)NC(=O)CCS[C@H]1O[C@H](CO)[C@@H](O)[C@H](O)[C@@H]1O)NC(=O)[C@H](Cc1ccc(O)cc1)NC(=O)CCS[C@@H]1O[C@@H](CO)[C@H](O)[C@@H](O)[C@H]1O)NC(=O)[C@H](CCCCNC(=O)[C@H](Cc1ccc(O)cc1)NC(=O)CCS[C@H]1O[C@H](CO)[C@@H](O)[C@H](O)[C@@H]1O)NC(=O)[C@H](Cc1ccc(O)cc1)NC(=O)CCS[C@@H]1O[C@@H](CO)[C@H](O)[C@@H](O)[C@H]1O. The van der Waals surface area contributed by atoms with Gasteiger partial charge >= 0.3 is 0 Å². The van der Waals surface area contributed by atoms with Crippen LogP contribution in [-0.2, 0) is 102 Å². The van der Waals surface area contributed by atoms with Gasteiger partial charge in [0.05, 0.1) is 33.0 Å². The number of nitrogens with two attached hydrogens (primary N) is 1. The van der Waals surface area contributed by atoms with E-state index in [4.69, 9.17) is 24.7 Å². The average molecular weight is 2140 g/mol. The molecule has 4 fully saturated rings. The maximum Gasteiger partial charge on any atom is 0.243 e. The summed E-state index contributed by atoms with van der Waals surface area (Å²) < 4.78 is 22.2. The first-order valence-corrected chi connectivity index (χ1v) is 51.8. The summed E-state index contributed by atoms with van der Waals surface area (Å²) in [6.07, 6.45) is -28.1. The Labute approximate surface area is 856 Å². The van der Waals surface area contributed by atoms with Crippen LogP contribution in [0.1, 0.15) is 106 Å². The van der Waals surface area contributed by atoms with E-state index in [1.807, 2.05) is 0 Å². The second-order valence-electron chi connectivity index (χ2n) is 35.4. The lowest BCUT2D eigenvalue weighted by atomic mass is 10.0. The lowest BCUT2D eigenvalue weighted by molar-refractivity contribution is -0.205. The van der Waals surface area contributed by atoms with Gasteiger partial charge in [-0.15, -0.1) is 47.0 Å². The molecule has 49 nitrogen and oxygen atoms in total. The molecule has 53 heteroatoms. The van der Waals surface area contributed by atoms with Crippen LogP contribution in [0.15, 0.2) is 97.1 Å². The van der Waals surface area contributed by atoms with Crippen LogP contribution in [0.4, 0.5) is 0 Å². The summed E-state index contributed by atoms with van der Waals surface area (Å²) in [5, 5.41) is 244. The molecule has 146 heavy (non-hydrogen) atoms. The second-order valence-corrected chi connectivity index (χ2v) is 40.2. The van der Waals surface area contributed by atoms with Crippen molar-refractivity contribution in [2.75, 3.05) is 75.7 Å². The molecule has 0 unspecified atom stereocenters. The number of aromatic hydroxyl groups is 4. The minimum atomic E-state index is -1.76. The molecule has 4 aliphatic rings. The van der Waals surface area contributed by atoms with Crippen molar-refractivity contribution in [3.8, 4) is 23.0 Å². The van der Waals surface area contributed by atoms with Crippen molar-refractivity contribution in [1.82, 2.24) is 58.5 Å². The number of aliphatic hydroxyl groups excluding tert-OH is 17. The van der Waals surface area contributed by atoms with E-state index in [0.717, 1.165) is 47.0 Å². The maximum atomic E-state index is 15.2. The lowest BCUT2D eigenvalue weighted by Gasteiger charge is -2.39. The molecule has 0 spiro atoms. The number of aliphatic hydroxyl groups is 17. The first-order valence-electron chi connectivity index (χ1n) is 47.6. The van der Waals surface area contributed by atoms with E-state index >= 15 is 4.79 Å². The summed E-state index contributed by atoms with van der Waals surface area (Å²) in [5.41, 5.74) is 2.47. The number of hydrogen-bond donors (Lipinski definition) is 33. The number of unbranched alkanes of at least 4 members (excludes halogenated alkanes) is 3. The van der Waals surface area contributed by atoms with Gasteiger partial charge in [0.1, 0.15) is 191 Å². The minimum Gasteiger partial charge on any atom is -0.508 e. The predicted octanol–water partition coefficient (Wildman–Crippen LogP) is -9.31. The Bertz CT molecular complexity index is 4770. The summed E-state index contributed by atoms with van der Waals surface area (Å²) in [6, 6.07) is 10.2. The zero-order valence-corrected chi connectivity index (χ0v) is 82.8. The highest BCUT2D eigenvalue weighted by molar-refractivity contribution is 8.00. The van der Waals surface area contributed by atoms with E-state index in [-0.39, 0.29) is 168 Å². The highest BCUT2D eigenvalue weighted by Gasteiger charge is 2.48. The number of primary amides is 1. The zero-order chi connectivity index (χ0) is 107. The Kier molecular flexibility index (Phi) is 51.6. The van der Waals surface area contributed by atoms with E-state index in [2.05, 4.69) is 58.5 Å². The summed E-state index contributed by atoms with van der Waals surface area (Å²) in [4.78, 5) is 170. The third kappa shape index (κ3) is 38.7. The molecule has 4 saturated heterocycles. The number of carbonyl (C=O) groups excluding carboxylic acids is 12. The number of carbonyl (C=O) groups is 12. The van der Waals surface area contributed by atoms with Crippen LogP contribution in [0.2, 0.25) is 0 Å². The molecular formula is C93H136N12O37S4. The van der Waals surface area contributed by atoms with Gasteiger partial charge in [-0.1, -0.05) is 48.5 Å². The second kappa shape index (κ2) is 62.0. The van der Waals surface area contributed by atoms with Gasteiger partial charge in [-0.05, 0) is 129 Å². The quantitative estimate of drug-likeness (QED) is 0.0183. The molecule has 8 rings (SSSR count). The van der Waals surface area contributed by atoms with E-state index in [0.29, 0.717) is 22.3 Å². The maximum absolute atomic E-state index is 15.2. The van der Waals surface area contributed by atoms with Crippen molar-refractivity contribution in [2.24, 2.45) is 5.73 Å². The van der Waals surface area contributed by atoms with Gasteiger partial charge in [-0.25, -0.2) is 0 Å². The molecule has 0 saturated carbocycles. The summed E-state index contributed by atoms with van der Waals surface area (Å²) in [7, 11) is 0. The molecule has 4 aliphatic heterocycles. The molecule has 814 valence electrons. The van der Waals surface area contributed by atoms with E-state index < -0.39 is 278 Å². The molecule has 4 heterocycles. The van der Waals surface area contributed by atoms with Crippen molar-refractivity contribution in [2.45, 2.75) is 277 Å². The Balaban J connectivity index is 1.01. The van der Waals surface area contributed by atoms with Gasteiger partial charge in [0.25, 0.3) is 0 Å². The molecule has 12 amide bonds. The van der Waals surface area contributed by atoms with Crippen molar-refractivity contribution < 1.29 is 184 Å². The van der Waals surface area contributed by atoms with Crippen molar-refractivity contribution in [3.63, 3.8) is 0 Å². The molecule has 0 radical (unpaired) electrons. The predicted molar refractivity (Wildman–Crippen MR) is 523 cm³/mol. The first-order chi connectivity index (χ1) is 69.6. The number of benzene rings is 4. The van der Waals surface area contributed by atoms with Crippen LogP contribution < -0.4 is 64.2 Å². The van der Waals surface area contributed by atoms with Crippen LogP contribution >= 0.6 is 47.0 Å². The van der Waals surface area contributed by atoms with Crippen LogP contribution in [0.3, 0.4) is 0 Å². The van der Waals surface area contributed by atoms with Gasteiger partial charge < -0.3 is 190 Å². The Morgan fingerprint density at radius 2 is 0.473 bits per heavy atom. The normalized spacial score (nSPS) is 25.7. The van der Waals surface area contributed by atoms with Crippen molar-refractivity contribution in [1.29, 1.82) is 0 Å². The molecule has 0 bridgehead atoms. The van der Waals surface area contributed by atoms with Crippen LogP contribution in [0.5, 0.6) is 23.0 Å². The van der Waals surface area contributed by atoms with E-state index in [9.17, 15) is 160 Å². The fourth-order valence-corrected chi connectivity index (χ4v) is 20.3. The smallest absolute Gasteiger partial charge is 0.243 e.